The summed E-state index contributed by atoms with van der Waals surface area (Å²) >= 11 is 13.1. The minimum atomic E-state index is -0.120. The van der Waals surface area contributed by atoms with Gasteiger partial charge in [-0.05, 0) is 29.3 Å². The van der Waals surface area contributed by atoms with Gasteiger partial charge in [0.05, 0.1) is 9.81 Å². The van der Waals surface area contributed by atoms with E-state index in [1.165, 1.54) is 33.3 Å². The van der Waals surface area contributed by atoms with Crippen LogP contribution >= 0.6 is 48.0 Å². The predicted molar refractivity (Wildman–Crippen MR) is 127 cm³/mol. The number of amides is 2. The second-order valence-electron chi connectivity index (χ2n) is 5.83. The summed E-state index contributed by atoms with van der Waals surface area (Å²) in [6.07, 6.45) is 6.92. The maximum atomic E-state index is 12.5. The van der Waals surface area contributed by atoms with E-state index >= 15 is 0 Å². The highest BCUT2D eigenvalue weighted by Crippen LogP contribution is 2.34. The molecule has 0 aliphatic carbocycles. The normalized spacial score (nSPS) is 20.0. The van der Waals surface area contributed by atoms with E-state index in [1.54, 1.807) is 12.2 Å². The summed E-state index contributed by atoms with van der Waals surface area (Å²) in [5, 5.41) is 0. The second-order valence-corrected chi connectivity index (χ2v) is 9.18. The van der Waals surface area contributed by atoms with Crippen molar-refractivity contribution in [2.75, 3.05) is 13.1 Å². The van der Waals surface area contributed by atoms with Crippen molar-refractivity contribution in [2.24, 2.45) is 0 Å². The lowest BCUT2D eigenvalue weighted by Gasteiger charge is -2.10. The summed E-state index contributed by atoms with van der Waals surface area (Å²) in [4.78, 5) is 29.1. The zero-order valence-corrected chi connectivity index (χ0v) is 18.1. The lowest BCUT2D eigenvalue weighted by atomic mass is 10.1. The Morgan fingerprint density at radius 1 is 0.857 bits per heavy atom. The Balaban J connectivity index is 1.84. The minimum absolute atomic E-state index is 0.120. The Morgan fingerprint density at radius 3 is 1.68 bits per heavy atom. The smallest absolute Gasteiger partial charge is 0.266 e. The van der Waals surface area contributed by atoms with Crippen LogP contribution < -0.4 is 0 Å². The van der Waals surface area contributed by atoms with Gasteiger partial charge in [-0.2, -0.15) is 0 Å². The molecule has 2 saturated heterocycles. The van der Waals surface area contributed by atoms with E-state index in [4.69, 9.17) is 24.4 Å². The van der Waals surface area contributed by atoms with Gasteiger partial charge in [-0.3, -0.25) is 19.4 Å². The van der Waals surface area contributed by atoms with Crippen LogP contribution in [0.4, 0.5) is 0 Å². The highest BCUT2D eigenvalue weighted by atomic mass is 32.2. The fourth-order valence-corrected chi connectivity index (χ4v) is 5.16. The molecule has 0 aromatic heterocycles. The highest BCUT2D eigenvalue weighted by Gasteiger charge is 2.32. The summed E-state index contributed by atoms with van der Waals surface area (Å²) in [7, 11) is 0. The topological polar surface area (TPSA) is 40.6 Å². The van der Waals surface area contributed by atoms with Crippen LogP contribution in [0.15, 0.2) is 59.4 Å². The molecule has 2 amide bonds. The zero-order chi connectivity index (χ0) is 20.3. The standard InChI is InChI=1S/C20H16N2O2S4/c1-3-8-21-17(23)15(27-19(21)25)11-13-6-5-7-14(10-13)12-16-18(24)22(9-4-2)20(26)28-16/h3-7,10-12H,1-2,8-9H2. The molecule has 1 aromatic rings. The number of carbonyl (C=O) groups is 2. The van der Waals surface area contributed by atoms with E-state index in [0.29, 0.717) is 31.5 Å². The van der Waals surface area contributed by atoms with Crippen molar-refractivity contribution >= 4 is 80.6 Å². The number of thioether (sulfide) groups is 2. The van der Waals surface area contributed by atoms with E-state index in [1.807, 2.05) is 36.4 Å². The Hall–Kier alpha value is -2.00. The first kappa shape index (κ1) is 20.7. The number of benzene rings is 1. The number of carbonyl (C=O) groups excluding carboxylic acids is 2. The maximum absolute atomic E-state index is 12.5. The third-order valence-electron chi connectivity index (χ3n) is 3.88. The van der Waals surface area contributed by atoms with Crippen molar-refractivity contribution in [1.29, 1.82) is 0 Å². The van der Waals surface area contributed by atoms with Crippen molar-refractivity contribution in [3.8, 4) is 0 Å². The molecule has 0 atom stereocenters. The van der Waals surface area contributed by atoms with Gasteiger partial charge in [0.2, 0.25) is 0 Å². The van der Waals surface area contributed by atoms with Crippen molar-refractivity contribution in [1.82, 2.24) is 9.80 Å². The van der Waals surface area contributed by atoms with Crippen LogP contribution in [0.1, 0.15) is 11.1 Å². The molecule has 0 bridgehead atoms. The number of hydrogen-bond donors (Lipinski definition) is 0. The molecule has 2 aliphatic heterocycles. The van der Waals surface area contributed by atoms with Crippen molar-refractivity contribution < 1.29 is 9.59 Å². The molecular formula is C20H16N2O2S4. The number of thiocarbonyl (C=S) groups is 2. The molecular weight excluding hydrogens is 429 g/mol. The maximum Gasteiger partial charge on any atom is 0.266 e. The molecule has 0 N–H and O–H groups in total. The van der Waals surface area contributed by atoms with E-state index < -0.39 is 0 Å². The number of hydrogen-bond acceptors (Lipinski definition) is 6. The molecule has 4 nitrogen and oxygen atoms in total. The first-order valence-corrected chi connectivity index (χ1v) is 10.7. The van der Waals surface area contributed by atoms with E-state index in [0.717, 1.165) is 11.1 Å². The molecule has 0 radical (unpaired) electrons. The summed E-state index contributed by atoms with van der Waals surface area (Å²) in [5.41, 5.74) is 1.71. The Bertz CT molecular complexity index is 891. The third-order valence-corrected chi connectivity index (χ3v) is 6.63. The average molecular weight is 445 g/mol. The minimum Gasteiger partial charge on any atom is -0.289 e. The van der Waals surface area contributed by atoms with Crippen LogP contribution in [-0.4, -0.2) is 43.3 Å². The van der Waals surface area contributed by atoms with Gasteiger partial charge >= 0.3 is 0 Å². The molecule has 2 heterocycles. The molecule has 3 rings (SSSR count). The second kappa shape index (κ2) is 9.00. The third kappa shape index (κ3) is 4.35. The summed E-state index contributed by atoms with van der Waals surface area (Å²) < 4.78 is 1.05. The van der Waals surface area contributed by atoms with Gasteiger partial charge in [-0.15, -0.1) is 13.2 Å². The Morgan fingerprint density at radius 2 is 1.29 bits per heavy atom. The molecule has 0 saturated carbocycles. The van der Waals surface area contributed by atoms with Gasteiger partial charge < -0.3 is 0 Å². The van der Waals surface area contributed by atoms with Gasteiger partial charge in [-0.1, -0.05) is 78.3 Å². The molecule has 0 unspecified atom stereocenters. The highest BCUT2D eigenvalue weighted by molar-refractivity contribution is 8.27. The zero-order valence-electron chi connectivity index (χ0n) is 14.8. The summed E-state index contributed by atoms with van der Waals surface area (Å²) in [6.45, 7) is 8.10. The van der Waals surface area contributed by atoms with Crippen molar-refractivity contribution in [3.63, 3.8) is 0 Å². The van der Waals surface area contributed by atoms with Gasteiger partial charge in [0.1, 0.15) is 8.64 Å². The summed E-state index contributed by atoms with van der Waals surface area (Å²) in [6, 6.07) is 7.60. The van der Waals surface area contributed by atoms with Crippen molar-refractivity contribution in [3.05, 3.63) is 70.5 Å². The van der Waals surface area contributed by atoms with E-state index in [9.17, 15) is 9.59 Å². The van der Waals surface area contributed by atoms with Gasteiger partial charge in [0, 0.05) is 13.1 Å². The monoisotopic (exact) mass is 444 g/mol. The van der Waals surface area contributed by atoms with Crippen LogP contribution in [-0.2, 0) is 9.59 Å². The first-order valence-electron chi connectivity index (χ1n) is 8.27. The Labute approximate surface area is 183 Å². The van der Waals surface area contributed by atoms with Crippen LogP contribution in [0.5, 0.6) is 0 Å². The van der Waals surface area contributed by atoms with Gasteiger partial charge in [0.25, 0.3) is 11.8 Å². The SMILES string of the molecule is C=CCN1C(=O)C(=Cc2cccc(C=C3SC(=S)N(CC=C)C3=O)c2)SC1=S. The molecule has 142 valence electrons. The first-order chi connectivity index (χ1) is 13.4. The Kier molecular flexibility index (Phi) is 6.66. The van der Waals surface area contributed by atoms with E-state index in [-0.39, 0.29) is 11.8 Å². The van der Waals surface area contributed by atoms with Crippen LogP contribution in [0, 0.1) is 0 Å². The largest absolute Gasteiger partial charge is 0.289 e. The van der Waals surface area contributed by atoms with Crippen LogP contribution in [0.25, 0.3) is 12.2 Å². The lowest BCUT2D eigenvalue weighted by Crippen LogP contribution is -2.27. The molecule has 0 spiro atoms. The lowest BCUT2D eigenvalue weighted by molar-refractivity contribution is -0.122. The predicted octanol–water partition coefficient (Wildman–Crippen LogP) is 4.46. The molecule has 2 aliphatic rings. The summed E-state index contributed by atoms with van der Waals surface area (Å²) in [5.74, 6) is -0.240. The van der Waals surface area contributed by atoms with Gasteiger partial charge in [0.15, 0.2) is 0 Å². The molecule has 28 heavy (non-hydrogen) atoms. The molecule has 2 fully saturated rings. The fourth-order valence-electron chi connectivity index (χ4n) is 2.61. The molecule has 1 aromatic carbocycles. The van der Waals surface area contributed by atoms with E-state index in [2.05, 4.69) is 13.2 Å². The molecule has 8 heteroatoms. The van der Waals surface area contributed by atoms with Crippen molar-refractivity contribution in [2.45, 2.75) is 0 Å². The average Bonchev–Trinajstić information content (AvgIpc) is 3.07. The quantitative estimate of drug-likeness (QED) is 0.367. The fraction of sp³-hybridized carbons (Fsp3) is 0.100. The number of nitrogens with zero attached hydrogens (tertiary/aromatic N) is 2. The van der Waals surface area contributed by atoms with Gasteiger partial charge in [-0.25, -0.2) is 0 Å². The van der Waals surface area contributed by atoms with Crippen LogP contribution in [0.3, 0.4) is 0 Å². The number of rotatable bonds is 6. The van der Waals surface area contributed by atoms with Crippen LogP contribution in [0.2, 0.25) is 0 Å².